The first kappa shape index (κ1) is 15.2. The molecule has 0 saturated carbocycles. The van der Waals surface area contributed by atoms with Gasteiger partial charge < -0.3 is 11.1 Å². The molecule has 116 valence electrons. The molecular formula is C18H22ClN3. The van der Waals surface area contributed by atoms with E-state index in [4.69, 9.17) is 17.3 Å². The second-order valence-corrected chi connectivity index (χ2v) is 6.35. The molecule has 1 fully saturated rings. The summed E-state index contributed by atoms with van der Waals surface area (Å²) in [5.74, 6) is 0. The number of anilines is 2. The van der Waals surface area contributed by atoms with Gasteiger partial charge in [-0.2, -0.15) is 0 Å². The smallest absolute Gasteiger partial charge is 0.0591 e. The number of piperidine rings is 1. The molecule has 0 amide bonds. The first-order chi connectivity index (χ1) is 10.7. The van der Waals surface area contributed by atoms with E-state index in [-0.39, 0.29) is 0 Å². The topological polar surface area (TPSA) is 41.3 Å². The third-order valence-corrected chi connectivity index (χ3v) is 4.45. The highest BCUT2D eigenvalue weighted by molar-refractivity contribution is 6.31. The highest BCUT2D eigenvalue weighted by Gasteiger charge is 2.19. The van der Waals surface area contributed by atoms with Crippen molar-refractivity contribution in [2.45, 2.75) is 25.4 Å². The number of nitrogen functional groups attached to an aromatic ring is 1. The van der Waals surface area contributed by atoms with E-state index in [1.165, 1.54) is 5.56 Å². The van der Waals surface area contributed by atoms with Gasteiger partial charge in [0.1, 0.15) is 0 Å². The molecule has 3 rings (SSSR count). The highest BCUT2D eigenvalue weighted by atomic mass is 35.5. The van der Waals surface area contributed by atoms with Crippen LogP contribution in [0.3, 0.4) is 0 Å². The Balaban J connectivity index is 1.52. The average Bonchev–Trinajstić information content (AvgIpc) is 2.54. The molecule has 3 nitrogen and oxygen atoms in total. The number of nitrogens with two attached hydrogens (primary N) is 1. The van der Waals surface area contributed by atoms with Gasteiger partial charge in [-0.05, 0) is 36.6 Å². The van der Waals surface area contributed by atoms with Gasteiger partial charge in [0, 0.05) is 30.7 Å². The lowest BCUT2D eigenvalue weighted by molar-refractivity contribution is 0.211. The first-order valence-electron chi connectivity index (χ1n) is 7.78. The molecule has 3 N–H and O–H groups in total. The number of benzene rings is 2. The molecule has 1 saturated heterocycles. The van der Waals surface area contributed by atoms with Crippen molar-refractivity contribution in [1.29, 1.82) is 0 Å². The summed E-state index contributed by atoms with van der Waals surface area (Å²) >= 11 is 6.04. The summed E-state index contributed by atoms with van der Waals surface area (Å²) in [5, 5.41) is 4.26. The third kappa shape index (κ3) is 3.93. The summed E-state index contributed by atoms with van der Waals surface area (Å²) in [7, 11) is 0. The van der Waals surface area contributed by atoms with Gasteiger partial charge in [0.25, 0.3) is 0 Å². The fourth-order valence-electron chi connectivity index (χ4n) is 2.95. The summed E-state index contributed by atoms with van der Waals surface area (Å²) in [6.07, 6.45) is 2.25. The van der Waals surface area contributed by atoms with Crippen LogP contribution >= 0.6 is 11.6 Å². The maximum Gasteiger partial charge on any atom is 0.0591 e. The van der Waals surface area contributed by atoms with Crippen LogP contribution in [0.15, 0.2) is 48.5 Å². The van der Waals surface area contributed by atoms with Gasteiger partial charge in [-0.15, -0.1) is 0 Å². The van der Waals surface area contributed by atoms with E-state index in [0.717, 1.165) is 48.9 Å². The van der Waals surface area contributed by atoms with Crippen LogP contribution in [-0.4, -0.2) is 24.0 Å². The predicted octanol–water partition coefficient (Wildman–Crippen LogP) is 4.00. The molecule has 0 radical (unpaired) electrons. The normalized spacial score (nSPS) is 16.6. The lowest BCUT2D eigenvalue weighted by Crippen LogP contribution is -2.38. The summed E-state index contributed by atoms with van der Waals surface area (Å²) in [4.78, 5) is 2.51. The number of likely N-dealkylation sites (tertiary alicyclic amines) is 1. The van der Waals surface area contributed by atoms with Crippen molar-refractivity contribution in [3.63, 3.8) is 0 Å². The zero-order valence-corrected chi connectivity index (χ0v) is 13.4. The SMILES string of the molecule is Nc1ccc(Cl)cc1NC1CCN(Cc2ccccc2)CC1. The molecule has 2 aromatic rings. The van der Waals surface area contributed by atoms with Crippen molar-refractivity contribution in [3.8, 4) is 0 Å². The fraction of sp³-hybridized carbons (Fsp3) is 0.333. The lowest BCUT2D eigenvalue weighted by Gasteiger charge is -2.33. The lowest BCUT2D eigenvalue weighted by atomic mass is 10.0. The van der Waals surface area contributed by atoms with Crippen LogP contribution in [0, 0.1) is 0 Å². The molecule has 0 spiro atoms. The Kier molecular flexibility index (Phi) is 4.86. The van der Waals surface area contributed by atoms with E-state index in [1.54, 1.807) is 0 Å². The van der Waals surface area contributed by atoms with Gasteiger partial charge >= 0.3 is 0 Å². The van der Waals surface area contributed by atoms with Crippen LogP contribution in [0.5, 0.6) is 0 Å². The van der Waals surface area contributed by atoms with Crippen molar-refractivity contribution < 1.29 is 0 Å². The largest absolute Gasteiger partial charge is 0.397 e. The molecule has 1 heterocycles. The summed E-state index contributed by atoms with van der Waals surface area (Å²) in [6, 6.07) is 16.7. The molecule has 1 aliphatic rings. The molecule has 0 unspecified atom stereocenters. The van der Waals surface area contributed by atoms with Crippen molar-refractivity contribution in [2.24, 2.45) is 0 Å². The molecular weight excluding hydrogens is 294 g/mol. The molecule has 0 atom stereocenters. The number of nitrogens with zero attached hydrogens (tertiary/aromatic N) is 1. The van der Waals surface area contributed by atoms with E-state index in [9.17, 15) is 0 Å². The Labute approximate surface area is 137 Å². The van der Waals surface area contributed by atoms with Crippen molar-refractivity contribution in [2.75, 3.05) is 24.1 Å². The number of rotatable bonds is 4. The Morgan fingerprint density at radius 2 is 1.82 bits per heavy atom. The van der Waals surface area contributed by atoms with Crippen LogP contribution in [0.2, 0.25) is 5.02 Å². The quantitative estimate of drug-likeness (QED) is 0.838. The summed E-state index contributed by atoms with van der Waals surface area (Å²) < 4.78 is 0. The van der Waals surface area contributed by atoms with Crippen molar-refractivity contribution in [3.05, 3.63) is 59.1 Å². The number of halogens is 1. The Morgan fingerprint density at radius 3 is 2.55 bits per heavy atom. The molecule has 4 heteroatoms. The standard InChI is InChI=1S/C18H22ClN3/c19-15-6-7-17(20)18(12-15)21-16-8-10-22(11-9-16)13-14-4-2-1-3-5-14/h1-7,12,16,21H,8-11,13,20H2. The third-order valence-electron chi connectivity index (χ3n) is 4.21. The maximum absolute atomic E-state index is 6.04. The molecule has 2 aromatic carbocycles. The Morgan fingerprint density at radius 1 is 1.09 bits per heavy atom. The van der Waals surface area contributed by atoms with Gasteiger partial charge in [0.2, 0.25) is 0 Å². The van der Waals surface area contributed by atoms with Gasteiger partial charge in [-0.25, -0.2) is 0 Å². The zero-order chi connectivity index (χ0) is 15.4. The highest BCUT2D eigenvalue weighted by Crippen LogP contribution is 2.26. The molecule has 22 heavy (non-hydrogen) atoms. The zero-order valence-electron chi connectivity index (χ0n) is 12.6. The van der Waals surface area contributed by atoms with Crippen LogP contribution < -0.4 is 11.1 Å². The Hall–Kier alpha value is -1.71. The minimum absolute atomic E-state index is 0.466. The number of nitrogens with one attached hydrogen (secondary N) is 1. The summed E-state index contributed by atoms with van der Waals surface area (Å²) in [6.45, 7) is 3.24. The van der Waals surface area contributed by atoms with E-state index in [2.05, 4.69) is 40.5 Å². The molecule has 0 bridgehead atoms. The second kappa shape index (κ2) is 7.03. The minimum atomic E-state index is 0.466. The van der Waals surface area contributed by atoms with Gasteiger partial charge in [-0.3, -0.25) is 4.90 Å². The van der Waals surface area contributed by atoms with E-state index in [1.807, 2.05) is 18.2 Å². The van der Waals surface area contributed by atoms with Crippen LogP contribution in [0.1, 0.15) is 18.4 Å². The fourth-order valence-corrected chi connectivity index (χ4v) is 3.12. The van der Waals surface area contributed by atoms with Crippen molar-refractivity contribution in [1.82, 2.24) is 4.90 Å². The summed E-state index contributed by atoms with van der Waals surface area (Å²) in [5.41, 5.74) is 9.10. The van der Waals surface area contributed by atoms with E-state index in [0.29, 0.717) is 6.04 Å². The van der Waals surface area contributed by atoms with Gasteiger partial charge in [0.05, 0.1) is 11.4 Å². The van der Waals surface area contributed by atoms with Crippen LogP contribution in [0.4, 0.5) is 11.4 Å². The first-order valence-corrected chi connectivity index (χ1v) is 8.16. The molecule has 0 aromatic heterocycles. The number of hydrogen-bond donors (Lipinski definition) is 2. The van der Waals surface area contributed by atoms with Crippen LogP contribution in [-0.2, 0) is 6.54 Å². The molecule has 1 aliphatic heterocycles. The maximum atomic E-state index is 6.04. The Bertz CT molecular complexity index is 607. The average molecular weight is 316 g/mol. The van der Waals surface area contributed by atoms with Gasteiger partial charge in [0.15, 0.2) is 0 Å². The minimum Gasteiger partial charge on any atom is -0.397 e. The second-order valence-electron chi connectivity index (χ2n) is 5.91. The van der Waals surface area contributed by atoms with Crippen LogP contribution in [0.25, 0.3) is 0 Å². The monoisotopic (exact) mass is 315 g/mol. The van der Waals surface area contributed by atoms with Gasteiger partial charge in [-0.1, -0.05) is 41.9 Å². The van der Waals surface area contributed by atoms with E-state index < -0.39 is 0 Å². The predicted molar refractivity (Wildman–Crippen MR) is 94.2 cm³/mol. The molecule has 0 aliphatic carbocycles. The van der Waals surface area contributed by atoms with Crippen molar-refractivity contribution >= 4 is 23.0 Å². The number of hydrogen-bond acceptors (Lipinski definition) is 3. The van der Waals surface area contributed by atoms with E-state index >= 15 is 0 Å².